The molecule has 4 fully saturated rings. The number of fused-ring (bicyclic) bond motifs is 3. The van der Waals surface area contributed by atoms with Gasteiger partial charge in [0.25, 0.3) is 0 Å². The fraction of sp³-hybridized carbons (Fsp3) is 0.552. The van der Waals surface area contributed by atoms with Gasteiger partial charge in [-0.15, -0.1) is 13.2 Å². The molecule has 1 atom stereocenters. The fourth-order valence-electron chi connectivity index (χ4n) is 6.18. The van der Waals surface area contributed by atoms with E-state index in [1.807, 2.05) is 0 Å². The maximum atomic E-state index is 13.1. The van der Waals surface area contributed by atoms with Crippen molar-refractivity contribution in [3.63, 3.8) is 0 Å². The monoisotopic (exact) mass is 560 g/mol. The average molecular weight is 561 g/mol. The highest BCUT2D eigenvalue weighted by Gasteiger charge is 2.51. The number of para-hydroxylation sites is 1. The predicted molar refractivity (Wildman–Crippen MR) is 137 cm³/mol. The minimum Gasteiger partial charge on any atom is -0.479 e. The summed E-state index contributed by atoms with van der Waals surface area (Å²) in [6.07, 6.45) is 6.67. The fourth-order valence-corrected chi connectivity index (χ4v) is 6.18. The summed E-state index contributed by atoms with van der Waals surface area (Å²) in [5.74, 6) is -0.512. The van der Waals surface area contributed by atoms with Crippen LogP contribution in [0.1, 0.15) is 68.6 Å². The van der Waals surface area contributed by atoms with Crippen LogP contribution in [0.3, 0.4) is 0 Å². The van der Waals surface area contributed by atoms with Gasteiger partial charge in [0.15, 0.2) is 0 Å². The first-order valence-corrected chi connectivity index (χ1v) is 13.6. The number of aliphatic imine (C=N–C) groups is 1. The third-order valence-electron chi connectivity index (χ3n) is 8.87. The molecule has 8 nitrogen and oxygen atoms in total. The number of carbonyl (C=O) groups is 1. The first-order valence-electron chi connectivity index (χ1n) is 13.6. The van der Waals surface area contributed by atoms with Crippen molar-refractivity contribution in [3.8, 4) is 17.0 Å². The zero-order chi connectivity index (χ0) is 28.0. The normalized spacial score (nSPS) is 29.6. The number of rotatable bonds is 10. The van der Waals surface area contributed by atoms with Crippen LogP contribution in [0.25, 0.3) is 11.3 Å². The van der Waals surface area contributed by atoms with E-state index in [1.165, 1.54) is 12.1 Å². The molecule has 2 bridgehead atoms. The number of carboxylic acids is 1. The summed E-state index contributed by atoms with van der Waals surface area (Å²) in [6.45, 7) is 0.579. The van der Waals surface area contributed by atoms with Gasteiger partial charge in [-0.25, -0.2) is 4.79 Å². The van der Waals surface area contributed by atoms with E-state index in [9.17, 15) is 23.1 Å². The standard InChI is InChI=1S/C29H31F3N2O6/c30-29(31,32)39-22-5-2-1-4-20(22)23-21(24(40-34-23)19-6-7-19)16-37-27-12-9-26(10-13-27,11-14-27)18-38-28(25(35)36)8-3-15-33-17-28/h1-5,8,15,19H,6-7,9-14,16-18H2,(H,35,36). The molecule has 1 aliphatic heterocycles. The number of dihydropyridines is 1. The van der Waals surface area contributed by atoms with Crippen molar-refractivity contribution in [1.29, 1.82) is 0 Å². The lowest BCUT2D eigenvalue weighted by Gasteiger charge is -2.53. The molecule has 40 heavy (non-hydrogen) atoms. The minimum absolute atomic E-state index is 0.0590. The smallest absolute Gasteiger partial charge is 0.479 e. The second kappa shape index (κ2) is 10.0. The Bertz CT molecular complexity index is 1310. The lowest BCUT2D eigenvalue weighted by molar-refractivity contribution is -0.274. The molecular weight excluding hydrogens is 529 g/mol. The number of halogens is 3. The van der Waals surface area contributed by atoms with Crippen molar-refractivity contribution in [3.05, 3.63) is 47.7 Å². The molecule has 214 valence electrons. The number of aromatic nitrogens is 1. The Hall–Kier alpha value is -3.18. The third-order valence-corrected chi connectivity index (χ3v) is 8.87. The Morgan fingerprint density at radius 1 is 1.07 bits per heavy atom. The summed E-state index contributed by atoms with van der Waals surface area (Å²) < 4.78 is 61.9. The van der Waals surface area contributed by atoms with Gasteiger partial charge in [0.1, 0.15) is 17.2 Å². The molecular formula is C29H31F3N2O6. The van der Waals surface area contributed by atoms with Gasteiger partial charge in [0.05, 0.1) is 25.4 Å². The largest absolute Gasteiger partial charge is 0.573 e. The van der Waals surface area contributed by atoms with E-state index in [2.05, 4.69) is 14.9 Å². The molecule has 4 aliphatic carbocycles. The maximum Gasteiger partial charge on any atom is 0.573 e. The lowest BCUT2D eigenvalue weighted by atomic mass is 9.59. The SMILES string of the molecule is O=C(O)C1(OCC23CCC(OCc4c(-c5ccccc5OC(F)(F)F)noc4C4CC4)(CC2)CC3)C=CC=NC1. The highest BCUT2D eigenvalue weighted by Crippen LogP contribution is 2.55. The van der Waals surface area contributed by atoms with Crippen LogP contribution in [0.2, 0.25) is 0 Å². The van der Waals surface area contributed by atoms with Crippen molar-refractivity contribution in [2.24, 2.45) is 10.4 Å². The molecule has 11 heteroatoms. The van der Waals surface area contributed by atoms with E-state index < -0.39 is 17.9 Å². The molecule has 0 saturated heterocycles. The predicted octanol–water partition coefficient (Wildman–Crippen LogP) is 6.21. The maximum absolute atomic E-state index is 13.1. The van der Waals surface area contributed by atoms with Gasteiger partial charge in [-0.05, 0) is 81.1 Å². The second-order valence-corrected chi connectivity index (χ2v) is 11.5. The average Bonchev–Trinajstić information content (AvgIpc) is 3.71. The van der Waals surface area contributed by atoms with Crippen LogP contribution in [0, 0.1) is 5.41 Å². The summed E-state index contributed by atoms with van der Waals surface area (Å²) in [4.78, 5) is 16.0. The van der Waals surface area contributed by atoms with Crippen LogP contribution in [-0.2, 0) is 20.9 Å². The number of aliphatic carboxylic acids is 1. The van der Waals surface area contributed by atoms with Gasteiger partial charge < -0.3 is 23.8 Å². The number of carboxylic acid groups (broad SMARTS) is 1. The van der Waals surface area contributed by atoms with Crippen molar-refractivity contribution in [2.75, 3.05) is 13.2 Å². The van der Waals surface area contributed by atoms with Crippen molar-refractivity contribution < 1.29 is 41.8 Å². The topological polar surface area (TPSA) is 103 Å². The molecule has 1 N–H and O–H groups in total. The van der Waals surface area contributed by atoms with Crippen LogP contribution < -0.4 is 4.74 Å². The Kier molecular flexibility index (Phi) is 6.77. The Morgan fingerprint density at radius 3 is 2.42 bits per heavy atom. The molecule has 0 spiro atoms. The zero-order valence-electron chi connectivity index (χ0n) is 21.9. The highest BCUT2D eigenvalue weighted by molar-refractivity contribution is 5.85. The summed E-state index contributed by atoms with van der Waals surface area (Å²) in [5.41, 5.74) is -0.703. The van der Waals surface area contributed by atoms with E-state index in [-0.39, 0.29) is 41.4 Å². The highest BCUT2D eigenvalue weighted by atomic mass is 19.4. The molecule has 2 heterocycles. The third kappa shape index (κ3) is 5.28. The number of hydrogen-bond donors (Lipinski definition) is 1. The molecule has 7 rings (SSSR count). The van der Waals surface area contributed by atoms with Crippen molar-refractivity contribution in [1.82, 2.24) is 5.16 Å². The Balaban J connectivity index is 1.15. The summed E-state index contributed by atoms with van der Waals surface area (Å²) in [6, 6.07) is 5.94. The zero-order valence-corrected chi connectivity index (χ0v) is 21.9. The number of nitrogens with zero attached hydrogens (tertiary/aromatic N) is 2. The molecule has 1 unspecified atom stereocenters. The van der Waals surface area contributed by atoms with Gasteiger partial charge in [-0.1, -0.05) is 17.3 Å². The summed E-state index contributed by atoms with van der Waals surface area (Å²) >= 11 is 0. The second-order valence-electron chi connectivity index (χ2n) is 11.5. The molecule has 0 radical (unpaired) electrons. The van der Waals surface area contributed by atoms with E-state index in [0.29, 0.717) is 23.6 Å². The summed E-state index contributed by atoms with van der Waals surface area (Å²) in [7, 11) is 0. The van der Waals surface area contributed by atoms with Gasteiger partial charge in [0.2, 0.25) is 5.60 Å². The summed E-state index contributed by atoms with van der Waals surface area (Å²) in [5, 5.41) is 14.0. The van der Waals surface area contributed by atoms with E-state index in [4.69, 9.17) is 14.0 Å². The molecule has 1 aromatic heterocycles. The number of benzene rings is 1. The van der Waals surface area contributed by atoms with Crippen molar-refractivity contribution in [2.45, 2.75) is 81.5 Å². The van der Waals surface area contributed by atoms with Gasteiger partial charge in [0, 0.05) is 23.3 Å². The van der Waals surface area contributed by atoms with Crippen LogP contribution >= 0.6 is 0 Å². The van der Waals surface area contributed by atoms with Crippen LogP contribution in [0.15, 0.2) is 45.9 Å². The molecule has 0 amide bonds. The van der Waals surface area contributed by atoms with Crippen molar-refractivity contribution >= 4 is 12.2 Å². The quantitative estimate of drug-likeness (QED) is 0.369. The van der Waals surface area contributed by atoms with E-state index in [0.717, 1.165) is 51.4 Å². The number of ether oxygens (including phenoxy) is 3. The van der Waals surface area contributed by atoms with E-state index >= 15 is 0 Å². The first-order chi connectivity index (χ1) is 19.1. The Labute approximate surface area is 229 Å². The van der Waals surface area contributed by atoms with Crippen LogP contribution in [-0.4, -0.2) is 53.2 Å². The number of allylic oxidation sites excluding steroid dienone is 1. The number of hydrogen-bond acceptors (Lipinski definition) is 7. The number of alkyl halides is 3. The molecule has 4 saturated carbocycles. The first kappa shape index (κ1) is 27.0. The molecule has 2 aromatic rings. The van der Waals surface area contributed by atoms with Crippen LogP contribution in [0.4, 0.5) is 13.2 Å². The van der Waals surface area contributed by atoms with Gasteiger partial charge >= 0.3 is 12.3 Å². The van der Waals surface area contributed by atoms with E-state index in [1.54, 1.807) is 30.5 Å². The van der Waals surface area contributed by atoms with Gasteiger partial charge in [-0.2, -0.15) is 0 Å². The molecule has 5 aliphatic rings. The molecule has 1 aromatic carbocycles. The van der Waals surface area contributed by atoms with Gasteiger partial charge in [-0.3, -0.25) is 4.99 Å². The minimum atomic E-state index is -4.83. The van der Waals surface area contributed by atoms with Crippen LogP contribution in [0.5, 0.6) is 5.75 Å². The Morgan fingerprint density at radius 2 is 1.80 bits per heavy atom. The lowest BCUT2D eigenvalue weighted by Crippen LogP contribution is -2.52.